The van der Waals surface area contributed by atoms with Crippen LogP contribution in [0.4, 0.5) is 8.78 Å². The first-order valence-corrected chi connectivity index (χ1v) is 9.09. The number of piperidine rings is 1. The number of nitrogens with zero attached hydrogens (tertiary/aromatic N) is 1. The van der Waals surface area contributed by atoms with Gasteiger partial charge < -0.3 is 19.7 Å². The first-order chi connectivity index (χ1) is 12.9. The summed E-state index contributed by atoms with van der Waals surface area (Å²) >= 11 is 0. The zero-order valence-electron chi connectivity index (χ0n) is 15.3. The van der Waals surface area contributed by atoms with Gasteiger partial charge in [-0.1, -0.05) is 6.07 Å². The van der Waals surface area contributed by atoms with Crippen LogP contribution in [0, 0.1) is 18.6 Å². The topological polar surface area (TPSA) is 65.7 Å². The zero-order valence-corrected chi connectivity index (χ0v) is 15.3. The maximum Gasteiger partial charge on any atom is 0.256 e. The molecule has 0 saturated carbocycles. The van der Waals surface area contributed by atoms with Crippen LogP contribution in [0.1, 0.15) is 29.9 Å². The van der Waals surface area contributed by atoms with Gasteiger partial charge in [-0.3, -0.25) is 4.79 Å². The molecular formula is C20H24F2N2O3. The summed E-state index contributed by atoms with van der Waals surface area (Å²) in [6.45, 7) is 3.21. The highest BCUT2D eigenvalue weighted by Crippen LogP contribution is 2.24. The Hall–Kier alpha value is -2.25. The smallest absolute Gasteiger partial charge is 0.256 e. The van der Waals surface area contributed by atoms with Crippen LogP contribution in [0.5, 0.6) is 0 Å². The van der Waals surface area contributed by atoms with Crippen LogP contribution < -0.4 is 5.32 Å². The molecule has 5 nitrogen and oxygen atoms in total. The van der Waals surface area contributed by atoms with Crippen molar-refractivity contribution in [3.05, 3.63) is 59.1 Å². The Balaban J connectivity index is 1.54. The molecule has 3 rings (SSSR count). The number of amides is 1. The lowest BCUT2D eigenvalue weighted by molar-refractivity contribution is -0.157. The second-order valence-corrected chi connectivity index (χ2v) is 7.05. The quantitative estimate of drug-likeness (QED) is 0.727. The number of carbonyl (C=O) groups is 1. The Morgan fingerprint density at radius 2 is 2.07 bits per heavy atom. The van der Waals surface area contributed by atoms with Crippen molar-refractivity contribution in [3.8, 4) is 0 Å². The van der Waals surface area contributed by atoms with Crippen molar-refractivity contribution in [1.82, 2.24) is 10.2 Å². The molecule has 0 aliphatic carbocycles. The third kappa shape index (κ3) is 4.73. The molecule has 0 spiro atoms. The summed E-state index contributed by atoms with van der Waals surface area (Å²) < 4.78 is 31.9. The Kier molecular flexibility index (Phi) is 5.92. The van der Waals surface area contributed by atoms with Crippen LogP contribution in [0.15, 0.2) is 34.7 Å². The number of carbonyl (C=O) groups excluding carboxylic acids is 1. The number of aliphatic hydroxyl groups is 1. The molecule has 7 heteroatoms. The lowest BCUT2D eigenvalue weighted by Gasteiger charge is -2.38. The summed E-state index contributed by atoms with van der Waals surface area (Å²) in [5.74, 6) is -0.557. The van der Waals surface area contributed by atoms with Crippen LogP contribution in [0.3, 0.4) is 0 Å². The van der Waals surface area contributed by atoms with Crippen LogP contribution in [0.2, 0.25) is 0 Å². The van der Waals surface area contributed by atoms with Crippen molar-refractivity contribution in [2.75, 3.05) is 19.6 Å². The maximum atomic E-state index is 13.4. The number of hydrogen-bond acceptors (Lipinski definition) is 4. The summed E-state index contributed by atoms with van der Waals surface area (Å²) in [5, 5.41) is 13.9. The van der Waals surface area contributed by atoms with E-state index in [2.05, 4.69) is 5.32 Å². The SMILES string of the molecule is Cc1ccc(CCNC[C@]2(O)CCCN(Cc3ccc(F)c(F)c3)C2=O)o1. The van der Waals surface area contributed by atoms with E-state index in [1.54, 1.807) is 0 Å². The molecule has 1 aromatic heterocycles. The molecule has 2 aromatic rings. The number of benzene rings is 1. The van der Waals surface area contributed by atoms with E-state index in [1.807, 2.05) is 19.1 Å². The molecular weight excluding hydrogens is 354 g/mol. The molecule has 0 unspecified atom stereocenters. The second-order valence-electron chi connectivity index (χ2n) is 7.05. The van der Waals surface area contributed by atoms with Gasteiger partial charge in [0.15, 0.2) is 17.2 Å². The Morgan fingerprint density at radius 3 is 2.78 bits per heavy atom. The first kappa shape index (κ1) is 19.5. The van der Waals surface area contributed by atoms with E-state index in [0.717, 1.165) is 23.7 Å². The fourth-order valence-electron chi connectivity index (χ4n) is 3.36. The molecule has 1 atom stereocenters. The first-order valence-electron chi connectivity index (χ1n) is 9.09. The summed E-state index contributed by atoms with van der Waals surface area (Å²) in [6, 6.07) is 7.37. The third-order valence-electron chi connectivity index (χ3n) is 4.82. The van der Waals surface area contributed by atoms with Crippen molar-refractivity contribution < 1.29 is 23.1 Å². The molecule has 1 fully saturated rings. The van der Waals surface area contributed by atoms with Gasteiger partial charge in [0.2, 0.25) is 0 Å². The summed E-state index contributed by atoms with van der Waals surface area (Å²) in [6.07, 6.45) is 1.68. The van der Waals surface area contributed by atoms with Gasteiger partial charge in [0.05, 0.1) is 0 Å². The van der Waals surface area contributed by atoms with E-state index in [4.69, 9.17) is 4.42 Å². The number of hydrogen-bond donors (Lipinski definition) is 2. The van der Waals surface area contributed by atoms with Crippen molar-refractivity contribution >= 4 is 5.91 Å². The maximum absolute atomic E-state index is 13.4. The highest BCUT2D eigenvalue weighted by molar-refractivity contribution is 5.86. The van der Waals surface area contributed by atoms with E-state index < -0.39 is 17.2 Å². The molecule has 2 heterocycles. The molecule has 1 saturated heterocycles. The van der Waals surface area contributed by atoms with E-state index in [0.29, 0.717) is 37.9 Å². The molecule has 1 aliphatic heterocycles. The van der Waals surface area contributed by atoms with E-state index in [9.17, 15) is 18.7 Å². The lowest BCUT2D eigenvalue weighted by Crippen LogP contribution is -2.57. The predicted molar refractivity (Wildman–Crippen MR) is 96.0 cm³/mol. The number of rotatable bonds is 7. The molecule has 2 N–H and O–H groups in total. The molecule has 1 aromatic carbocycles. The minimum absolute atomic E-state index is 0.139. The van der Waals surface area contributed by atoms with Gasteiger partial charge in [-0.05, 0) is 49.6 Å². The van der Waals surface area contributed by atoms with Gasteiger partial charge in [-0.15, -0.1) is 0 Å². The Morgan fingerprint density at radius 1 is 1.26 bits per heavy atom. The number of furan rings is 1. The van der Waals surface area contributed by atoms with Gasteiger partial charge >= 0.3 is 0 Å². The Labute approximate surface area is 157 Å². The number of halogens is 2. The molecule has 27 heavy (non-hydrogen) atoms. The normalized spacial score (nSPS) is 20.3. The summed E-state index contributed by atoms with van der Waals surface area (Å²) in [5.41, 5.74) is -0.997. The summed E-state index contributed by atoms with van der Waals surface area (Å²) in [7, 11) is 0. The van der Waals surface area contributed by atoms with Crippen LogP contribution >= 0.6 is 0 Å². The monoisotopic (exact) mass is 378 g/mol. The van der Waals surface area contributed by atoms with Gasteiger partial charge in [0, 0.05) is 32.6 Å². The standard InChI is InChI=1S/C20H24F2N2O3/c1-14-3-5-16(27-14)7-9-23-13-20(26)8-2-10-24(19(20)25)12-15-4-6-17(21)18(22)11-15/h3-6,11,23,26H,2,7-10,12-13H2,1H3/t20-/m1/s1. The van der Waals surface area contributed by atoms with E-state index in [-0.39, 0.29) is 19.0 Å². The highest BCUT2D eigenvalue weighted by atomic mass is 19.2. The predicted octanol–water partition coefficient (Wildman–Crippen LogP) is 2.55. The third-order valence-corrected chi connectivity index (χ3v) is 4.82. The fourth-order valence-corrected chi connectivity index (χ4v) is 3.36. The van der Waals surface area contributed by atoms with Crippen LogP contribution in [-0.2, 0) is 17.8 Å². The number of nitrogens with one attached hydrogen (secondary N) is 1. The second kappa shape index (κ2) is 8.19. The highest BCUT2D eigenvalue weighted by Gasteiger charge is 2.41. The number of aryl methyl sites for hydroxylation is 1. The Bertz CT molecular complexity index is 808. The van der Waals surface area contributed by atoms with Gasteiger partial charge in [-0.25, -0.2) is 8.78 Å². The van der Waals surface area contributed by atoms with Crippen LogP contribution in [0.25, 0.3) is 0 Å². The molecule has 1 amide bonds. The minimum Gasteiger partial charge on any atom is -0.466 e. The lowest BCUT2D eigenvalue weighted by atomic mass is 9.91. The van der Waals surface area contributed by atoms with E-state index in [1.165, 1.54) is 11.0 Å². The molecule has 1 aliphatic rings. The largest absolute Gasteiger partial charge is 0.466 e. The van der Waals surface area contributed by atoms with Crippen molar-refractivity contribution in [3.63, 3.8) is 0 Å². The van der Waals surface area contributed by atoms with Gasteiger partial charge in [-0.2, -0.15) is 0 Å². The van der Waals surface area contributed by atoms with Crippen LogP contribution in [-0.4, -0.2) is 41.1 Å². The van der Waals surface area contributed by atoms with Crippen molar-refractivity contribution in [2.24, 2.45) is 0 Å². The molecule has 0 radical (unpaired) electrons. The zero-order chi connectivity index (χ0) is 19.4. The average Bonchev–Trinajstić information content (AvgIpc) is 3.05. The summed E-state index contributed by atoms with van der Waals surface area (Å²) in [4.78, 5) is 14.2. The minimum atomic E-state index is -1.49. The average molecular weight is 378 g/mol. The van der Waals surface area contributed by atoms with Gasteiger partial charge in [0.25, 0.3) is 5.91 Å². The van der Waals surface area contributed by atoms with E-state index >= 15 is 0 Å². The van der Waals surface area contributed by atoms with Crippen molar-refractivity contribution in [1.29, 1.82) is 0 Å². The number of likely N-dealkylation sites (tertiary alicyclic amines) is 1. The van der Waals surface area contributed by atoms with Crippen molar-refractivity contribution in [2.45, 2.75) is 38.3 Å². The molecule has 0 bridgehead atoms. The fraction of sp³-hybridized carbons (Fsp3) is 0.450. The van der Waals surface area contributed by atoms with Gasteiger partial charge in [0.1, 0.15) is 11.5 Å². The molecule has 146 valence electrons.